The predicted octanol–water partition coefficient (Wildman–Crippen LogP) is 0.602. The van der Waals surface area contributed by atoms with Gasteiger partial charge in [0, 0.05) is 25.6 Å². The van der Waals surface area contributed by atoms with Crippen LogP contribution in [0.4, 0.5) is 0 Å². The van der Waals surface area contributed by atoms with Crippen molar-refractivity contribution in [2.75, 3.05) is 13.7 Å². The molecule has 0 bridgehead atoms. The largest absolute Gasteiger partial charge is 0.480 e. The van der Waals surface area contributed by atoms with Crippen molar-refractivity contribution < 1.29 is 19.4 Å². The fraction of sp³-hybridized carbons (Fsp3) is 0.438. The molecule has 9 nitrogen and oxygen atoms in total. The number of carboxylic acid groups (broad SMARTS) is 1. The van der Waals surface area contributed by atoms with Gasteiger partial charge in [0.1, 0.15) is 12.1 Å². The number of hydrogen-bond acceptors (Lipinski definition) is 6. The van der Waals surface area contributed by atoms with E-state index in [0.29, 0.717) is 5.82 Å². The number of ether oxygens (including phenoxy) is 1. The van der Waals surface area contributed by atoms with Crippen molar-refractivity contribution in [1.82, 2.24) is 25.1 Å². The third-order valence-corrected chi connectivity index (χ3v) is 4.33. The lowest BCUT2D eigenvalue weighted by atomic mass is 10.2. The van der Waals surface area contributed by atoms with Crippen molar-refractivity contribution in [3.63, 3.8) is 0 Å². The van der Waals surface area contributed by atoms with Crippen molar-refractivity contribution in [3.05, 3.63) is 30.3 Å². The molecule has 0 aliphatic carbocycles. The number of hydrogen-bond donors (Lipinski definition) is 1. The summed E-state index contributed by atoms with van der Waals surface area (Å²) in [5, 5.41) is 21.5. The Bertz CT molecular complexity index is 763. The summed E-state index contributed by atoms with van der Waals surface area (Å²) in [6.07, 6.45) is -0.0227. The van der Waals surface area contributed by atoms with Crippen molar-refractivity contribution >= 4 is 11.9 Å². The van der Waals surface area contributed by atoms with E-state index < -0.39 is 18.1 Å². The average Bonchev–Trinajstić information content (AvgIpc) is 3.28. The maximum Gasteiger partial charge on any atom is 0.326 e. The molecule has 1 saturated heterocycles. The molecule has 3 rings (SSSR count). The van der Waals surface area contributed by atoms with Gasteiger partial charge in [0.2, 0.25) is 11.7 Å². The first-order chi connectivity index (χ1) is 12.0. The molecule has 2 aromatic rings. The molecule has 1 aliphatic rings. The van der Waals surface area contributed by atoms with Crippen LogP contribution < -0.4 is 0 Å². The van der Waals surface area contributed by atoms with E-state index in [1.807, 2.05) is 30.3 Å². The Morgan fingerprint density at radius 2 is 2.04 bits per heavy atom. The van der Waals surface area contributed by atoms with Gasteiger partial charge in [0.05, 0.1) is 6.10 Å². The molecule has 3 unspecified atom stereocenters. The summed E-state index contributed by atoms with van der Waals surface area (Å²) in [4.78, 5) is 26.7. The zero-order valence-electron chi connectivity index (χ0n) is 13.9. The standard InChI is InChI=1S/C16H19N5O4/c1-10(15(22)20-9-12(25-2)8-13(20)16(23)24)21-18-14(17-19-21)11-6-4-3-5-7-11/h3-7,10,12-13H,8-9H2,1-2H3,(H,23,24). The van der Waals surface area contributed by atoms with Crippen LogP contribution in [-0.2, 0) is 14.3 Å². The van der Waals surface area contributed by atoms with Gasteiger partial charge >= 0.3 is 5.97 Å². The number of methoxy groups -OCH3 is 1. The molecular weight excluding hydrogens is 326 g/mol. The Morgan fingerprint density at radius 3 is 2.68 bits per heavy atom. The van der Waals surface area contributed by atoms with E-state index in [1.54, 1.807) is 6.92 Å². The van der Waals surface area contributed by atoms with Crippen LogP contribution in [-0.4, -0.2) is 67.9 Å². The molecule has 0 saturated carbocycles. The van der Waals surface area contributed by atoms with Gasteiger partial charge in [-0.2, -0.15) is 4.80 Å². The Morgan fingerprint density at radius 1 is 1.32 bits per heavy atom. The molecule has 25 heavy (non-hydrogen) atoms. The van der Waals surface area contributed by atoms with E-state index >= 15 is 0 Å². The second-order valence-electron chi connectivity index (χ2n) is 5.91. The average molecular weight is 345 g/mol. The number of rotatable bonds is 5. The summed E-state index contributed by atoms with van der Waals surface area (Å²) in [7, 11) is 1.51. The van der Waals surface area contributed by atoms with E-state index in [-0.39, 0.29) is 25.0 Å². The zero-order chi connectivity index (χ0) is 18.0. The van der Waals surface area contributed by atoms with Crippen molar-refractivity contribution in [3.8, 4) is 11.4 Å². The summed E-state index contributed by atoms with van der Waals surface area (Å²) >= 11 is 0. The highest BCUT2D eigenvalue weighted by Crippen LogP contribution is 2.24. The number of likely N-dealkylation sites (tertiary alicyclic amines) is 1. The third-order valence-electron chi connectivity index (χ3n) is 4.33. The highest BCUT2D eigenvalue weighted by atomic mass is 16.5. The van der Waals surface area contributed by atoms with Gasteiger partial charge in [0.15, 0.2) is 0 Å². The quantitative estimate of drug-likeness (QED) is 0.845. The first-order valence-corrected chi connectivity index (χ1v) is 7.92. The predicted molar refractivity (Wildman–Crippen MR) is 86.5 cm³/mol. The summed E-state index contributed by atoms with van der Waals surface area (Å²) in [5.74, 6) is -1.01. The van der Waals surface area contributed by atoms with Crippen LogP contribution in [0.3, 0.4) is 0 Å². The van der Waals surface area contributed by atoms with E-state index in [0.717, 1.165) is 5.56 Å². The smallest absolute Gasteiger partial charge is 0.326 e. The SMILES string of the molecule is COC1CC(C(=O)O)N(C(=O)C(C)n2nnc(-c3ccccc3)n2)C1. The second kappa shape index (κ2) is 6.98. The van der Waals surface area contributed by atoms with Crippen LogP contribution in [0.25, 0.3) is 11.4 Å². The number of carbonyl (C=O) groups excluding carboxylic acids is 1. The van der Waals surface area contributed by atoms with E-state index in [2.05, 4.69) is 15.4 Å². The molecule has 1 aromatic carbocycles. The molecule has 1 aromatic heterocycles. The van der Waals surface area contributed by atoms with E-state index in [1.165, 1.54) is 16.8 Å². The van der Waals surface area contributed by atoms with Crippen LogP contribution in [0, 0.1) is 0 Å². The van der Waals surface area contributed by atoms with Crippen LogP contribution in [0.2, 0.25) is 0 Å². The first kappa shape index (κ1) is 17.0. The number of carbonyl (C=O) groups is 2. The summed E-state index contributed by atoms with van der Waals surface area (Å²) in [6, 6.07) is 7.62. The molecule has 1 amide bonds. The third kappa shape index (κ3) is 3.36. The molecule has 3 atom stereocenters. The monoisotopic (exact) mass is 345 g/mol. The van der Waals surface area contributed by atoms with Crippen molar-refractivity contribution in [1.29, 1.82) is 0 Å². The Hall–Kier alpha value is -2.81. The van der Waals surface area contributed by atoms with Gasteiger partial charge in [-0.15, -0.1) is 10.2 Å². The molecule has 0 radical (unpaired) electrons. The van der Waals surface area contributed by atoms with E-state index in [9.17, 15) is 14.7 Å². The molecule has 0 spiro atoms. The maximum absolute atomic E-state index is 12.7. The van der Waals surface area contributed by atoms with E-state index in [4.69, 9.17) is 4.74 Å². The molecular formula is C16H19N5O4. The highest BCUT2D eigenvalue weighted by molar-refractivity contribution is 5.86. The van der Waals surface area contributed by atoms with Gasteiger partial charge in [-0.25, -0.2) is 4.79 Å². The highest BCUT2D eigenvalue weighted by Gasteiger charge is 2.41. The summed E-state index contributed by atoms with van der Waals surface area (Å²) in [6.45, 7) is 1.86. The van der Waals surface area contributed by atoms with Gasteiger partial charge in [-0.1, -0.05) is 30.3 Å². The zero-order valence-corrected chi connectivity index (χ0v) is 13.9. The van der Waals surface area contributed by atoms with Crippen LogP contribution in [0.1, 0.15) is 19.4 Å². The number of nitrogens with zero attached hydrogens (tertiary/aromatic N) is 5. The maximum atomic E-state index is 12.7. The molecule has 9 heteroatoms. The minimum absolute atomic E-state index is 0.233. The number of amides is 1. The Balaban J connectivity index is 1.78. The van der Waals surface area contributed by atoms with Crippen molar-refractivity contribution in [2.45, 2.75) is 31.5 Å². The molecule has 1 aliphatic heterocycles. The molecule has 1 N–H and O–H groups in total. The molecule has 1 fully saturated rings. The lowest BCUT2D eigenvalue weighted by Gasteiger charge is -2.23. The van der Waals surface area contributed by atoms with Crippen LogP contribution >= 0.6 is 0 Å². The Kier molecular flexibility index (Phi) is 4.75. The fourth-order valence-corrected chi connectivity index (χ4v) is 2.88. The van der Waals surface area contributed by atoms with Gasteiger partial charge in [-0.05, 0) is 12.1 Å². The van der Waals surface area contributed by atoms with Crippen molar-refractivity contribution in [2.24, 2.45) is 0 Å². The Labute approximate surface area is 144 Å². The lowest BCUT2D eigenvalue weighted by molar-refractivity contribution is -0.149. The summed E-state index contributed by atoms with van der Waals surface area (Å²) < 4.78 is 5.21. The minimum Gasteiger partial charge on any atom is -0.480 e. The summed E-state index contributed by atoms with van der Waals surface area (Å²) in [5.41, 5.74) is 0.789. The lowest BCUT2D eigenvalue weighted by Crippen LogP contribution is -2.44. The van der Waals surface area contributed by atoms with Gasteiger partial charge in [0.25, 0.3) is 0 Å². The van der Waals surface area contributed by atoms with Crippen LogP contribution in [0.15, 0.2) is 30.3 Å². The normalized spacial score (nSPS) is 21.3. The number of aromatic nitrogens is 4. The van der Waals surface area contributed by atoms with Gasteiger partial charge < -0.3 is 14.7 Å². The number of aliphatic carboxylic acids is 1. The number of carboxylic acids is 1. The topological polar surface area (TPSA) is 110 Å². The minimum atomic E-state index is -1.04. The first-order valence-electron chi connectivity index (χ1n) is 7.92. The number of benzene rings is 1. The second-order valence-corrected chi connectivity index (χ2v) is 5.91. The van der Waals surface area contributed by atoms with Crippen LogP contribution in [0.5, 0.6) is 0 Å². The molecule has 2 heterocycles. The molecule has 132 valence electrons. The fourth-order valence-electron chi connectivity index (χ4n) is 2.88. The van der Waals surface area contributed by atoms with Gasteiger partial charge in [-0.3, -0.25) is 4.79 Å². The number of tetrazole rings is 1.